The lowest BCUT2D eigenvalue weighted by molar-refractivity contribution is -0.113. The molecule has 0 unspecified atom stereocenters. The second kappa shape index (κ2) is 8.11. The van der Waals surface area contributed by atoms with Gasteiger partial charge in [0, 0.05) is 30.8 Å². The van der Waals surface area contributed by atoms with E-state index in [9.17, 15) is 4.79 Å². The first kappa shape index (κ1) is 15.0. The zero-order valence-corrected chi connectivity index (χ0v) is 12.7. The highest BCUT2D eigenvalue weighted by molar-refractivity contribution is 14.1. The summed E-state index contributed by atoms with van der Waals surface area (Å²) in [5, 5.41) is 0. The molecule has 4 heteroatoms. The number of carbonyl (C=O) groups excluding carboxylic acids is 1. The summed E-state index contributed by atoms with van der Waals surface area (Å²) in [7, 11) is 3.40. The van der Waals surface area contributed by atoms with Gasteiger partial charge in [0.2, 0.25) is 0 Å². The summed E-state index contributed by atoms with van der Waals surface area (Å²) in [5.74, 6) is 5.33. The smallest absolute Gasteiger partial charge is 0.302 e. The predicted octanol–water partition coefficient (Wildman–Crippen LogP) is 2.68. The Balaban J connectivity index is 2.59. The van der Waals surface area contributed by atoms with Gasteiger partial charge in [-0.05, 0) is 47.1 Å². The minimum atomic E-state index is -0.184. The number of hydrogen-bond donors (Lipinski definition) is 0. The lowest BCUT2D eigenvalue weighted by Crippen LogP contribution is -2.25. The van der Waals surface area contributed by atoms with E-state index in [4.69, 9.17) is 4.74 Å². The average molecular weight is 357 g/mol. The number of halogens is 1. The van der Waals surface area contributed by atoms with Crippen LogP contribution in [0.2, 0.25) is 0 Å². The van der Waals surface area contributed by atoms with Crippen molar-refractivity contribution >= 4 is 34.2 Å². The number of methoxy groups -OCH3 is 1. The van der Waals surface area contributed by atoms with Crippen molar-refractivity contribution in [1.29, 1.82) is 0 Å². The Morgan fingerprint density at radius 3 is 2.83 bits per heavy atom. The lowest BCUT2D eigenvalue weighted by atomic mass is 10.3. The predicted molar refractivity (Wildman–Crippen MR) is 81.5 cm³/mol. The number of benzene rings is 1. The standard InChI is InChI=1S/C14H16INO2/c1-16(13-9-6-5-8-12(13)15)14(17)10-4-3-7-11-18-2/h5-6,8-9H,3,7,11H2,1-2H3. The molecule has 1 amide bonds. The van der Waals surface area contributed by atoms with E-state index in [1.165, 1.54) is 0 Å². The minimum absolute atomic E-state index is 0.184. The van der Waals surface area contributed by atoms with Gasteiger partial charge in [0.15, 0.2) is 0 Å². The molecule has 0 aliphatic rings. The lowest BCUT2D eigenvalue weighted by Gasteiger charge is -2.15. The van der Waals surface area contributed by atoms with E-state index >= 15 is 0 Å². The van der Waals surface area contributed by atoms with Gasteiger partial charge in [-0.1, -0.05) is 18.1 Å². The topological polar surface area (TPSA) is 29.5 Å². The third kappa shape index (κ3) is 4.67. The van der Waals surface area contributed by atoms with Crippen LogP contribution in [-0.4, -0.2) is 26.7 Å². The molecule has 0 N–H and O–H groups in total. The second-order valence-corrected chi connectivity index (χ2v) is 4.88. The zero-order chi connectivity index (χ0) is 13.4. The fraction of sp³-hybridized carbons (Fsp3) is 0.357. The van der Waals surface area contributed by atoms with Crippen LogP contribution >= 0.6 is 22.6 Å². The summed E-state index contributed by atoms with van der Waals surface area (Å²) in [6.45, 7) is 0.676. The van der Waals surface area contributed by atoms with Crippen LogP contribution in [0.4, 0.5) is 5.69 Å². The molecule has 1 aromatic rings. The summed E-state index contributed by atoms with van der Waals surface area (Å²) >= 11 is 2.21. The largest absolute Gasteiger partial charge is 0.385 e. The highest BCUT2D eigenvalue weighted by Crippen LogP contribution is 2.20. The molecule has 3 nitrogen and oxygen atoms in total. The third-order valence-electron chi connectivity index (χ3n) is 2.36. The number of carbonyl (C=O) groups is 1. The number of rotatable bonds is 4. The molecular weight excluding hydrogens is 341 g/mol. The van der Waals surface area contributed by atoms with Crippen molar-refractivity contribution in [3.8, 4) is 11.8 Å². The first-order chi connectivity index (χ1) is 8.66. The van der Waals surface area contributed by atoms with E-state index < -0.39 is 0 Å². The number of anilines is 1. The van der Waals surface area contributed by atoms with Crippen LogP contribution in [-0.2, 0) is 9.53 Å². The van der Waals surface area contributed by atoms with E-state index in [2.05, 4.69) is 34.4 Å². The molecule has 18 heavy (non-hydrogen) atoms. The highest BCUT2D eigenvalue weighted by Gasteiger charge is 2.10. The van der Waals surface area contributed by atoms with Crippen molar-refractivity contribution in [2.75, 3.05) is 25.7 Å². The number of para-hydroxylation sites is 1. The molecule has 0 spiro atoms. The van der Waals surface area contributed by atoms with Gasteiger partial charge in [0.1, 0.15) is 0 Å². The van der Waals surface area contributed by atoms with Gasteiger partial charge in [-0.15, -0.1) is 0 Å². The van der Waals surface area contributed by atoms with Crippen LogP contribution in [0.15, 0.2) is 24.3 Å². The van der Waals surface area contributed by atoms with Crippen molar-refractivity contribution in [1.82, 2.24) is 0 Å². The van der Waals surface area contributed by atoms with Crippen LogP contribution in [0.25, 0.3) is 0 Å². The van der Waals surface area contributed by atoms with Crippen molar-refractivity contribution in [2.24, 2.45) is 0 Å². The number of hydrogen-bond acceptors (Lipinski definition) is 2. The van der Waals surface area contributed by atoms with E-state index in [1.807, 2.05) is 24.3 Å². The molecule has 0 saturated carbocycles. The van der Waals surface area contributed by atoms with Crippen molar-refractivity contribution < 1.29 is 9.53 Å². The Morgan fingerprint density at radius 2 is 2.17 bits per heavy atom. The maximum absolute atomic E-state index is 11.8. The first-order valence-corrected chi connectivity index (χ1v) is 6.74. The molecule has 0 radical (unpaired) electrons. The maximum atomic E-state index is 11.8. The van der Waals surface area contributed by atoms with Gasteiger partial charge in [0.05, 0.1) is 5.69 Å². The molecule has 0 aliphatic carbocycles. The summed E-state index contributed by atoms with van der Waals surface area (Å²) in [6.07, 6.45) is 1.53. The number of unbranched alkanes of at least 4 members (excludes halogenated alkanes) is 1. The fourth-order valence-corrected chi connectivity index (χ4v) is 2.11. The van der Waals surface area contributed by atoms with Crippen LogP contribution in [0, 0.1) is 15.4 Å². The third-order valence-corrected chi connectivity index (χ3v) is 3.28. The van der Waals surface area contributed by atoms with Gasteiger partial charge < -0.3 is 9.64 Å². The molecule has 1 rings (SSSR count). The molecule has 0 heterocycles. The highest BCUT2D eigenvalue weighted by atomic mass is 127. The average Bonchev–Trinajstić information content (AvgIpc) is 2.38. The SMILES string of the molecule is COCCCC#CC(=O)N(C)c1ccccc1I. The van der Waals surface area contributed by atoms with Gasteiger partial charge in [-0.25, -0.2) is 0 Å². The number of nitrogens with zero attached hydrogens (tertiary/aromatic N) is 1. The van der Waals surface area contributed by atoms with E-state index in [0.29, 0.717) is 13.0 Å². The second-order valence-electron chi connectivity index (χ2n) is 3.71. The Kier molecular flexibility index (Phi) is 6.76. The maximum Gasteiger partial charge on any atom is 0.302 e. The van der Waals surface area contributed by atoms with Crippen LogP contribution in [0.3, 0.4) is 0 Å². The molecule has 0 aliphatic heterocycles. The molecule has 0 bridgehead atoms. The van der Waals surface area contributed by atoms with E-state index in [0.717, 1.165) is 15.7 Å². The fourth-order valence-electron chi connectivity index (χ4n) is 1.36. The Morgan fingerprint density at radius 1 is 1.44 bits per heavy atom. The summed E-state index contributed by atoms with van der Waals surface area (Å²) in [5.41, 5.74) is 0.884. The van der Waals surface area contributed by atoms with E-state index in [-0.39, 0.29) is 5.91 Å². The summed E-state index contributed by atoms with van der Waals surface area (Å²) in [6, 6.07) is 7.73. The van der Waals surface area contributed by atoms with Gasteiger partial charge >= 0.3 is 5.91 Å². The zero-order valence-electron chi connectivity index (χ0n) is 10.6. The molecule has 0 fully saturated rings. The molecule has 1 aromatic carbocycles. The normalized spacial score (nSPS) is 9.50. The Hall–Kier alpha value is -1.06. The Bertz CT molecular complexity index is 462. The molecule has 0 atom stereocenters. The quantitative estimate of drug-likeness (QED) is 0.471. The van der Waals surface area contributed by atoms with Crippen LogP contribution in [0.1, 0.15) is 12.8 Å². The molecule has 0 saturated heterocycles. The molecular formula is C14H16INO2. The minimum Gasteiger partial charge on any atom is -0.385 e. The van der Waals surface area contributed by atoms with E-state index in [1.54, 1.807) is 19.1 Å². The number of ether oxygens (including phenoxy) is 1. The monoisotopic (exact) mass is 357 g/mol. The Labute approximate surface area is 122 Å². The van der Waals surface area contributed by atoms with Crippen LogP contribution in [0.5, 0.6) is 0 Å². The van der Waals surface area contributed by atoms with Crippen molar-refractivity contribution in [2.45, 2.75) is 12.8 Å². The first-order valence-electron chi connectivity index (χ1n) is 5.67. The van der Waals surface area contributed by atoms with Crippen molar-refractivity contribution in [3.05, 3.63) is 27.8 Å². The molecule has 96 valence electrons. The van der Waals surface area contributed by atoms with Crippen LogP contribution < -0.4 is 4.90 Å². The van der Waals surface area contributed by atoms with Gasteiger partial charge in [-0.3, -0.25) is 4.79 Å². The number of amides is 1. The molecule has 0 aromatic heterocycles. The summed E-state index contributed by atoms with van der Waals surface area (Å²) < 4.78 is 5.95. The van der Waals surface area contributed by atoms with Crippen molar-refractivity contribution in [3.63, 3.8) is 0 Å². The van der Waals surface area contributed by atoms with Gasteiger partial charge in [0.25, 0.3) is 0 Å². The summed E-state index contributed by atoms with van der Waals surface area (Å²) in [4.78, 5) is 13.4. The van der Waals surface area contributed by atoms with Gasteiger partial charge in [-0.2, -0.15) is 0 Å².